The lowest BCUT2D eigenvalue weighted by molar-refractivity contribution is 0.869. The normalized spacial score (nSPS) is 11.4. The first-order chi connectivity index (χ1) is 13.1. The van der Waals surface area contributed by atoms with Crippen LogP contribution in [0.1, 0.15) is 42.8 Å². The Labute approximate surface area is 165 Å². The summed E-state index contributed by atoms with van der Waals surface area (Å²) >= 11 is 1.49. The Morgan fingerprint density at radius 1 is 1.19 bits per heavy atom. The molecule has 0 saturated carbocycles. The van der Waals surface area contributed by atoms with Gasteiger partial charge < -0.3 is 5.32 Å². The molecule has 0 aliphatic rings. The SMILES string of the molecule is CCc1ccc(-c2csc(/C(C#N)=C/Nc3ccccc3C(C)C)n2)cc1. The molecule has 0 unspecified atom stereocenters. The maximum Gasteiger partial charge on any atom is 0.136 e. The van der Waals surface area contributed by atoms with Crippen LogP contribution in [0.5, 0.6) is 0 Å². The number of nitrogens with one attached hydrogen (secondary N) is 1. The first-order valence-electron chi connectivity index (χ1n) is 9.13. The van der Waals surface area contributed by atoms with Gasteiger partial charge >= 0.3 is 0 Å². The fourth-order valence-corrected chi connectivity index (χ4v) is 3.66. The second kappa shape index (κ2) is 8.66. The second-order valence-corrected chi connectivity index (χ2v) is 7.50. The van der Waals surface area contributed by atoms with Crippen molar-refractivity contribution < 1.29 is 0 Å². The van der Waals surface area contributed by atoms with E-state index in [0.717, 1.165) is 28.4 Å². The molecule has 0 aliphatic carbocycles. The van der Waals surface area contributed by atoms with Gasteiger partial charge in [-0.3, -0.25) is 0 Å². The van der Waals surface area contributed by atoms with Gasteiger partial charge in [0.1, 0.15) is 16.6 Å². The average Bonchev–Trinajstić information content (AvgIpc) is 3.19. The van der Waals surface area contributed by atoms with Gasteiger partial charge in [-0.2, -0.15) is 5.26 Å². The molecular formula is C23H23N3S. The van der Waals surface area contributed by atoms with Crippen LogP contribution in [0.4, 0.5) is 5.69 Å². The second-order valence-electron chi connectivity index (χ2n) is 6.64. The smallest absolute Gasteiger partial charge is 0.136 e. The molecule has 0 aliphatic heterocycles. The van der Waals surface area contributed by atoms with Crippen LogP contribution in [-0.4, -0.2) is 4.98 Å². The number of nitriles is 1. The molecule has 0 atom stereocenters. The topological polar surface area (TPSA) is 48.7 Å². The molecule has 0 fully saturated rings. The first-order valence-corrected chi connectivity index (χ1v) is 10.0. The molecule has 0 spiro atoms. The van der Waals surface area contributed by atoms with Gasteiger partial charge in [0.15, 0.2) is 0 Å². The Kier molecular flexibility index (Phi) is 6.05. The van der Waals surface area contributed by atoms with E-state index in [1.54, 1.807) is 6.20 Å². The monoisotopic (exact) mass is 373 g/mol. The molecule has 136 valence electrons. The third kappa shape index (κ3) is 4.45. The number of hydrogen-bond donors (Lipinski definition) is 1. The summed E-state index contributed by atoms with van der Waals surface area (Å²) in [6.45, 7) is 6.46. The van der Waals surface area contributed by atoms with E-state index < -0.39 is 0 Å². The van der Waals surface area contributed by atoms with Gasteiger partial charge in [0.2, 0.25) is 0 Å². The lowest BCUT2D eigenvalue weighted by Gasteiger charge is -2.12. The van der Waals surface area contributed by atoms with E-state index in [4.69, 9.17) is 0 Å². The summed E-state index contributed by atoms with van der Waals surface area (Å²) in [5.41, 5.74) is 6.07. The number of para-hydroxylation sites is 1. The number of aryl methyl sites for hydroxylation is 1. The minimum atomic E-state index is 0.408. The maximum absolute atomic E-state index is 9.59. The van der Waals surface area contributed by atoms with Crippen molar-refractivity contribution in [1.29, 1.82) is 5.26 Å². The molecule has 27 heavy (non-hydrogen) atoms. The quantitative estimate of drug-likeness (QED) is 0.504. The molecule has 1 N–H and O–H groups in total. The Hall–Kier alpha value is -2.90. The summed E-state index contributed by atoms with van der Waals surface area (Å²) in [6.07, 6.45) is 2.78. The van der Waals surface area contributed by atoms with Crippen LogP contribution in [0, 0.1) is 11.3 Å². The highest BCUT2D eigenvalue weighted by atomic mass is 32.1. The van der Waals surface area contributed by atoms with Crippen molar-refractivity contribution in [1.82, 2.24) is 4.98 Å². The highest BCUT2D eigenvalue weighted by Gasteiger charge is 2.10. The van der Waals surface area contributed by atoms with Gasteiger partial charge in [-0.1, -0.05) is 63.2 Å². The highest BCUT2D eigenvalue weighted by molar-refractivity contribution is 7.11. The molecule has 3 aromatic rings. The lowest BCUT2D eigenvalue weighted by atomic mass is 10.0. The third-order valence-corrected chi connectivity index (χ3v) is 5.34. The van der Waals surface area contributed by atoms with Crippen LogP contribution in [-0.2, 0) is 6.42 Å². The summed E-state index contributed by atoms with van der Waals surface area (Å²) in [7, 11) is 0. The fourth-order valence-electron chi connectivity index (χ4n) is 2.86. The minimum Gasteiger partial charge on any atom is -0.360 e. The number of thiazole rings is 1. The maximum atomic E-state index is 9.59. The Balaban J connectivity index is 1.83. The zero-order valence-electron chi connectivity index (χ0n) is 15.9. The molecule has 4 heteroatoms. The molecule has 3 nitrogen and oxygen atoms in total. The van der Waals surface area contributed by atoms with Crippen LogP contribution < -0.4 is 5.32 Å². The molecule has 0 saturated heterocycles. The summed E-state index contributed by atoms with van der Waals surface area (Å²) < 4.78 is 0. The molecule has 2 aromatic carbocycles. The van der Waals surface area contributed by atoms with Crippen molar-refractivity contribution in [3.63, 3.8) is 0 Å². The number of benzene rings is 2. The summed E-state index contributed by atoms with van der Waals surface area (Å²) in [5, 5.41) is 15.6. The molecule has 3 rings (SSSR count). The number of rotatable bonds is 6. The first kappa shape index (κ1) is 18.9. The summed E-state index contributed by atoms with van der Waals surface area (Å²) in [5.74, 6) is 0.408. The van der Waals surface area contributed by atoms with Gasteiger partial charge in [0.05, 0.1) is 5.69 Å². The van der Waals surface area contributed by atoms with Crippen molar-refractivity contribution in [2.75, 3.05) is 5.32 Å². The van der Waals surface area contributed by atoms with Gasteiger partial charge in [-0.05, 0) is 29.5 Å². The van der Waals surface area contributed by atoms with Crippen LogP contribution in [0.3, 0.4) is 0 Å². The van der Waals surface area contributed by atoms with Crippen LogP contribution in [0.2, 0.25) is 0 Å². The third-order valence-electron chi connectivity index (χ3n) is 4.47. The van der Waals surface area contributed by atoms with Crippen molar-refractivity contribution in [2.45, 2.75) is 33.1 Å². The van der Waals surface area contributed by atoms with E-state index in [2.05, 4.69) is 67.5 Å². The molecular weight excluding hydrogens is 350 g/mol. The zero-order chi connectivity index (χ0) is 19.2. The van der Waals surface area contributed by atoms with Crippen LogP contribution >= 0.6 is 11.3 Å². The van der Waals surface area contributed by atoms with E-state index in [0.29, 0.717) is 11.5 Å². The summed E-state index contributed by atoms with van der Waals surface area (Å²) in [6, 6.07) is 18.9. The predicted molar refractivity (Wildman–Crippen MR) is 115 cm³/mol. The minimum absolute atomic E-state index is 0.408. The zero-order valence-corrected chi connectivity index (χ0v) is 16.7. The van der Waals surface area contributed by atoms with Crippen molar-refractivity contribution >= 4 is 22.6 Å². The van der Waals surface area contributed by atoms with Crippen molar-refractivity contribution in [3.05, 3.63) is 76.2 Å². The molecule has 0 amide bonds. The number of hydrogen-bond acceptors (Lipinski definition) is 4. The molecule has 0 radical (unpaired) electrons. The number of allylic oxidation sites excluding steroid dienone is 1. The molecule has 1 heterocycles. The Morgan fingerprint density at radius 2 is 1.93 bits per heavy atom. The molecule has 0 bridgehead atoms. The van der Waals surface area contributed by atoms with Crippen LogP contribution in [0.25, 0.3) is 16.8 Å². The Morgan fingerprint density at radius 3 is 2.59 bits per heavy atom. The van der Waals surface area contributed by atoms with Crippen molar-refractivity contribution in [2.24, 2.45) is 0 Å². The van der Waals surface area contributed by atoms with Gasteiger partial charge in [-0.25, -0.2) is 4.98 Å². The number of aromatic nitrogens is 1. The van der Waals surface area contributed by atoms with Gasteiger partial charge in [0.25, 0.3) is 0 Å². The van der Waals surface area contributed by atoms with Crippen molar-refractivity contribution in [3.8, 4) is 17.3 Å². The number of anilines is 1. The van der Waals surface area contributed by atoms with E-state index in [-0.39, 0.29) is 0 Å². The fraction of sp³-hybridized carbons (Fsp3) is 0.217. The summed E-state index contributed by atoms with van der Waals surface area (Å²) in [4.78, 5) is 4.66. The van der Waals surface area contributed by atoms with Crippen LogP contribution in [0.15, 0.2) is 60.1 Å². The van der Waals surface area contributed by atoms with E-state index in [1.807, 2.05) is 23.6 Å². The standard InChI is InChI=1S/C23H23N3S/c1-4-17-9-11-18(12-10-17)22-15-27-23(26-22)19(13-24)14-25-21-8-6-5-7-20(21)16(2)3/h5-12,14-16,25H,4H2,1-3H3/b19-14+. The predicted octanol–water partition coefficient (Wildman–Crippen LogP) is 6.47. The molecule has 1 aromatic heterocycles. The highest BCUT2D eigenvalue weighted by Crippen LogP contribution is 2.28. The number of nitrogens with zero attached hydrogens (tertiary/aromatic N) is 2. The van der Waals surface area contributed by atoms with Gasteiger partial charge in [0, 0.05) is 22.8 Å². The van der Waals surface area contributed by atoms with E-state index in [9.17, 15) is 5.26 Å². The Bertz CT molecular complexity index is 975. The van der Waals surface area contributed by atoms with Gasteiger partial charge in [-0.15, -0.1) is 11.3 Å². The van der Waals surface area contributed by atoms with E-state index >= 15 is 0 Å². The average molecular weight is 374 g/mol. The van der Waals surface area contributed by atoms with E-state index in [1.165, 1.54) is 22.5 Å². The largest absolute Gasteiger partial charge is 0.360 e. The lowest BCUT2D eigenvalue weighted by Crippen LogP contribution is -1.97.